The third kappa shape index (κ3) is 4.10. The normalized spacial score (nSPS) is 16.2. The number of nitrogens with zero attached hydrogens (tertiary/aromatic N) is 5. The van der Waals surface area contributed by atoms with Crippen molar-refractivity contribution in [2.24, 2.45) is 0 Å². The van der Waals surface area contributed by atoms with Crippen LogP contribution in [0.15, 0.2) is 47.4 Å². The molecule has 1 aromatic carbocycles. The number of aromatic nitrogens is 4. The van der Waals surface area contributed by atoms with E-state index >= 15 is 0 Å². The number of hydrogen-bond acceptors (Lipinski definition) is 7. The Morgan fingerprint density at radius 1 is 1.31 bits per heavy atom. The third-order valence-corrected chi connectivity index (χ3v) is 4.60. The van der Waals surface area contributed by atoms with Gasteiger partial charge in [-0.3, -0.25) is 14.6 Å². The number of amides is 2. The van der Waals surface area contributed by atoms with Gasteiger partial charge in [0.2, 0.25) is 11.8 Å². The monoisotopic (exact) mass is 396 g/mol. The van der Waals surface area contributed by atoms with Gasteiger partial charge in [0.05, 0.1) is 12.7 Å². The minimum atomic E-state index is -0.431. The van der Waals surface area contributed by atoms with Crippen LogP contribution >= 0.6 is 0 Å². The molecule has 1 aliphatic rings. The van der Waals surface area contributed by atoms with Crippen LogP contribution in [-0.2, 0) is 17.9 Å². The summed E-state index contributed by atoms with van der Waals surface area (Å²) in [5.74, 6) is -0.363. The van der Waals surface area contributed by atoms with Gasteiger partial charge in [-0.1, -0.05) is 23.4 Å². The number of carbonyl (C=O) groups excluding carboxylic acids is 2. The predicted molar refractivity (Wildman–Crippen MR) is 96.4 cm³/mol. The van der Waals surface area contributed by atoms with Gasteiger partial charge in [-0.25, -0.2) is 9.37 Å². The standard InChI is InChI=1S/C19H17FN6O3/c20-13-4-2-1-3-12(13)11-26-15(5-6-17(26)27)19-24-16(25-29-19)10-23-18(28)14-9-21-7-8-22-14/h1-4,7-9,15H,5-6,10-11H2,(H,23,28)/t15-/m0/s1. The van der Waals surface area contributed by atoms with Crippen molar-refractivity contribution in [3.8, 4) is 0 Å². The van der Waals surface area contributed by atoms with Gasteiger partial charge in [-0.15, -0.1) is 0 Å². The Labute approximate surface area is 165 Å². The minimum Gasteiger partial charge on any atom is -0.343 e. The highest BCUT2D eigenvalue weighted by molar-refractivity contribution is 5.91. The Hall–Kier alpha value is -3.69. The maximum absolute atomic E-state index is 14.0. The van der Waals surface area contributed by atoms with Crippen molar-refractivity contribution in [2.75, 3.05) is 0 Å². The molecule has 0 aliphatic carbocycles. The summed E-state index contributed by atoms with van der Waals surface area (Å²) in [6, 6.07) is 5.88. The van der Waals surface area contributed by atoms with E-state index in [0.717, 1.165) is 0 Å². The van der Waals surface area contributed by atoms with E-state index in [4.69, 9.17) is 4.52 Å². The molecule has 9 nitrogen and oxygen atoms in total. The largest absolute Gasteiger partial charge is 0.343 e. The summed E-state index contributed by atoms with van der Waals surface area (Å²) in [6.07, 6.45) is 5.06. The summed E-state index contributed by atoms with van der Waals surface area (Å²) in [7, 11) is 0. The summed E-state index contributed by atoms with van der Waals surface area (Å²) >= 11 is 0. The van der Waals surface area contributed by atoms with Gasteiger partial charge in [0.15, 0.2) is 5.82 Å². The van der Waals surface area contributed by atoms with Crippen molar-refractivity contribution in [3.63, 3.8) is 0 Å². The highest BCUT2D eigenvalue weighted by atomic mass is 19.1. The van der Waals surface area contributed by atoms with E-state index in [0.29, 0.717) is 18.4 Å². The van der Waals surface area contributed by atoms with Crippen LogP contribution in [0.2, 0.25) is 0 Å². The van der Waals surface area contributed by atoms with Gasteiger partial charge in [0.25, 0.3) is 5.91 Å². The molecule has 0 spiro atoms. The quantitative estimate of drug-likeness (QED) is 0.676. The molecule has 0 radical (unpaired) electrons. The zero-order valence-electron chi connectivity index (χ0n) is 15.3. The van der Waals surface area contributed by atoms with Crippen molar-refractivity contribution in [3.05, 3.63) is 71.6 Å². The minimum absolute atomic E-state index is 0.0346. The van der Waals surface area contributed by atoms with Crippen LogP contribution in [0.3, 0.4) is 0 Å². The Bertz CT molecular complexity index is 1030. The summed E-state index contributed by atoms with van der Waals surface area (Å²) < 4.78 is 19.3. The first kappa shape index (κ1) is 18.7. The topological polar surface area (TPSA) is 114 Å². The van der Waals surface area contributed by atoms with Crippen LogP contribution in [0.5, 0.6) is 0 Å². The van der Waals surface area contributed by atoms with Crippen LogP contribution in [0.25, 0.3) is 0 Å². The van der Waals surface area contributed by atoms with Crippen molar-refractivity contribution in [1.29, 1.82) is 0 Å². The van der Waals surface area contributed by atoms with Crippen molar-refractivity contribution >= 4 is 11.8 Å². The number of carbonyl (C=O) groups is 2. The Morgan fingerprint density at radius 3 is 2.97 bits per heavy atom. The van der Waals surface area contributed by atoms with Gasteiger partial charge in [0, 0.05) is 30.9 Å². The van der Waals surface area contributed by atoms with Gasteiger partial charge in [-0.05, 0) is 12.5 Å². The summed E-state index contributed by atoms with van der Waals surface area (Å²) in [6.45, 7) is 0.157. The molecule has 2 amide bonds. The van der Waals surface area contributed by atoms with Crippen molar-refractivity contribution < 1.29 is 18.5 Å². The number of rotatable bonds is 6. The molecule has 0 bridgehead atoms. The molecule has 3 aromatic rings. The van der Waals surface area contributed by atoms with Crippen molar-refractivity contribution in [2.45, 2.75) is 32.0 Å². The second-order valence-electron chi connectivity index (χ2n) is 6.49. The Morgan fingerprint density at radius 2 is 2.17 bits per heavy atom. The average molecular weight is 396 g/mol. The first-order chi connectivity index (χ1) is 14.1. The molecule has 4 rings (SSSR count). The van der Waals surface area contributed by atoms with E-state index in [1.807, 2.05) is 0 Å². The number of hydrogen-bond donors (Lipinski definition) is 1. The summed E-state index contributed by atoms with van der Waals surface area (Å²) in [5.41, 5.74) is 0.595. The zero-order chi connectivity index (χ0) is 20.2. The van der Waals surface area contributed by atoms with Crippen LogP contribution < -0.4 is 5.32 Å². The molecule has 1 N–H and O–H groups in total. The molecule has 1 fully saturated rings. The van der Waals surface area contributed by atoms with E-state index in [2.05, 4.69) is 25.4 Å². The molecular weight excluding hydrogens is 379 g/mol. The highest BCUT2D eigenvalue weighted by Crippen LogP contribution is 2.33. The van der Waals surface area contributed by atoms with Gasteiger partial charge in [0.1, 0.15) is 17.6 Å². The lowest BCUT2D eigenvalue weighted by molar-refractivity contribution is -0.130. The fourth-order valence-electron chi connectivity index (χ4n) is 3.14. The number of benzene rings is 1. The molecule has 0 saturated carbocycles. The van der Waals surface area contributed by atoms with Crippen molar-refractivity contribution in [1.82, 2.24) is 30.3 Å². The van der Waals surface area contributed by atoms with E-state index in [-0.39, 0.29) is 42.2 Å². The van der Waals surface area contributed by atoms with Crippen LogP contribution in [0.1, 0.15) is 46.7 Å². The van der Waals surface area contributed by atoms with E-state index < -0.39 is 11.9 Å². The van der Waals surface area contributed by atoms with Gasteiger partial charge in [-0.2, -0.15) is 4.98 Å². The summed E-state index contributed by atoms with van der Waals surface area (Å²) in [4.78, 5) is 37.9. The number of nitrogens with one attached hydrogen (secondary N) is 1. The molecule has 0 unspecified atom stereocenters. The van der Waals surface area contributed by atoms with Gasteiger partial charge >= 0.3 is 0 Å². The number of halogens is 1. The SMILES string of the molecule is O=C(NCc1noc([C@@H]2CCC(=O)N2Cc2ccccc2F)n1)c1cnccn1. The van der Waals surface area contributed by atoms with Gasteiger partial charge < -0.3 is 14.7 Å². The Balaban J connectivity index is 1.43. The lowest BCUT2D eigenvalue weighted by atomic mass is 10.1. The number of likely N-dealkylation sites (tertiary alicyclic amines) is 1. The fourth-order valence-corrected chi connectivity index (χ4v) is 3.14. The second-order valence-corrected chi connectivity index (χ2v) is 6.49. The second kappa shape index (κ2) is 8.13. The summed E-state index contributed by atoms with van der Waals surface area (Å²) in [5, 5.41) is 6.49. The van der Waals surface area contributed by atoms with E-state index in [1.165, 1.54) is 29.6 Å². The molecule has 1 saturated heterocycles. The van der Waals surface area contributed by atoms with Crippen LogP contribution in [-0.4, -0.2) is 36.8 Å². The fraction of sp³-hybridized carbons (Fsp3) is 0.263. The van der Waals surface area contributed by atoms with E-state index in [9.17, 15) is 14.0 Å². The molecule has 3 heterocycles. The Kier molecular flexibility index (Phi) is 5.23. The molecular formula is C19H17FN6O3. The predicted octanol–water partition coefficient (Wildman–Crippen LogP) is 1.79. The lowest BCUT2D eigenvalue weighted by Crippen LogP contribution is -2.28. The molecule has 1 aliphatic heterocycles. The maximum atomic E-state index is 14.0. The first-order valence-corrected chi connectivity index (χ1v) is 9.01. The van der Waals surface area contributed by atoms with Crippen LogP contribution in [0, 0.1) is 5.82 Å². The van der Waals surface area contributed by atoms with E-state index in [1.54, 1.807) is 18.2 Å². The highest BCUT2D eigenvalue weighted by Gasteiger charge is 2.36. The van der Waals surface area contributed by atoms with Crippen LogP contribution in [0.4, 0.5) is 4.39 Å². The molecule has 10 heteroatoms. The lowest BCUT2D eigenvalue weighted by Gasteiger charge is -2.22. The molecule has 1 atom stereocenters. The maximum Gasteiger partial charge on any atom is 0.271 e. The first-order valence-electron chi connectivity index (χ1n) is 9.01. The average Bonchev–Trinajstić information content (AvgIpc) is 3.35. The molecule has 2 aromatic heterocycles. The third-order valence-electron chi connectivity index (χ3n) is 4.60. The molecule has 148 valence electrons. The smallest absolute Gasteiger partial charge is 0.271 e. The molecule has 29 heavy (non-hydrogen) atoms. The zero-order valence-corrected chi connectivity index (χ0v) is 15.3.